The standard InChI is InChI=1S/C13H22O3/c1-10(14)16-12-6-4-11(5-7-12)13(15)8-2-3-9-13/h11-12,15H,2-9H2,1H3. The molecule has 0 amide bonds. The number of esters is 1. The maximum atomic E-state index is 10.8. The Balaban J connectivity index is 1.82. The van der Waals surface area contributed by atoms with Crippen LogP contribution in [0.4, 0.5) is 0 Å². The van der Waals surface area contributed by atoms with E-state index in [0.29, 0.717) is 5.92 Å². The Kier molecular flexibility index (Phi) is 3.53. The molecule has 92 valence electrons. The Morgan fingerprint density at radius 1 is 1.19 bits per heavy atom. The van der Waals surface area contributed by atoms with Gasteiger partial charge in [-0.1, -0.05) is 12.8 Å². The zero-order valence-electron chi connectivity index (χ0n) is 10.1. The Morgan fingerprint density at radius 2 is 1.75 bits per heavy atom. The number of carbonyl (C=O) groups is 1. The summed E-state index contributed by atoms with van der Waals surface area (Å²) in [6.07, 6.45) is 8.23. The lowest BCUT2D eigenvalue weighted by Gasteiger charge is -2.37. The number of aliphatic hydroxyl groups is 1. The molecular weight excluding hydrogens is 204 g/mol. The lowest BCUT2D eigenvalue weighted by Crippen LogP contribution is -2.38. The van der Waals surface area contributed by atoms with E-state index in [-0.39, 0.29) is 12.1 Å². The predicted octanol–water partition coefficient (Wildman–Crippen LogP) is 2.41. The number of hydrogen-bond donors (Lipinski definition) is 1. The molecule has 0 aromatic rings. The van der Waals surface area contributed by atoms with Crippen LogP contribution < -0.4 is 0 Å². The average Bonchev–Trinajstić information content (AvgIpc) is 2.66. The van der Waals surface area contributed by atoms with Gasteiger partial charge in [0, 0.05) is 6.92 Å². The Labute approximate surface area is 97.2 Å². The zero-order chi connectivity index (χ0) is 11.6. The average molecular weight is 226 g/mol. The van der Waals surface area contributed by atoms with Crippen molar-refractivity contribution in [3.63, 3.8) is 0 Å². The van der Waals surface area contributed by atoms with Crippen molar-refractivity contribution in [2.24, 2.45) is 5.92 Å². The number of hydrogen-bond acceptors (Lipinski definition) is 3. The van der Waals surface area contributed by atoms with E-state index in [4.69, 9.17) is 4.74 Å². The van der Waals surface area contributed by atoms with Gasteiger partial charge in [0.05, 0.1) is 5.60 Å². The summed E-state index contributed by atoms with van der Waals surface area (Å²) in [7, 11) is 0. The first-order valence-corrected chi connectivity index (χ1v) is 6.50. The lowest BCUT2D eigenvalue weighted by atomic mass is 9.75. The number of rotatable bonds is 2. The highest BCUT2D eigenvalue weighted by atomic mass is 16.5. The van der Waals surface area contributed by atoms with Gasteiger partial charge in [0.25, 0.3) is 0 Å². The first kappa shape index (κ1) is 11.9. The van der Waals surface area contributed by atoms with Crippen LogP contribution in [0.3, 0.4) is 0 Å². The van der Waals surface area contributed by atoms with E-state index in [1.165, 1.54) is 19.8 Å². The van der Waals surface area contributed by atoms with E-state index in [1.807, 2.05) is 0 Å². The van der Waals surface area contributed by atoms with Crippen molar-refractivity contribution in [1.29, 1.82) is 0 Å². The van der Waals surface area contributed by atoms with E-state index < -0.39 is 5.60 Å². The van der Waals surface area contributed by atoms with Crippen molar-refractivity contribution in [2.45, 2.75) is 70.0 Å². The molecule has 0 aliphatic heterocycles. The lowest BCUT2D eigenvalue weighted by molar-refractivity contribution is -0.149. The molecule has 0 aromatic heterocycles. The molecule has 0 heterocycles. The molecule has 2 aliphatic rings. The molecule has 0 bridgehead atoms. The number of ether oxygens (including phenoxy) is 1. The third-order valence-electron chi connectivity index (χ3n) is 4.24. The highest BCUT2D eigenvalue weighted by Gasteiger charge is 2.41. The molecule has 0 atom stereocenters. The first-order valence-electron chi connectivity index (χ1n) is 6.50. The SMILES string of the molecule is CC(=O)OC1CCC(C2(O)CCCC2)CC1. The van der Waals surface area contributed by atoms with Gasteiger partial charge < -0.3 is 9.84 Å². The molecule has 2 aliphatic carbocycles. The van der Waals surface area contributed by atoms with Gasteiger partial charge in [-0.15, -0.1) is 0 Å². The van der Waals surface area contributed by atoms with Crippen molar-refractivity contribution >= 4 is 5.97 Å². The van der Waals surface area contributed by atoms with Crippen molar-refractivity contribution in [3.8, 4) is 0 Å². The summed E-state index contributed by atoms with van der Waals surface area (Å²) in [5, 5.41) is 10.5. The molecule has 0 aromatic carbocycles. The van der Waals surface area contributed by atoms with Gasteiger partial charge in [0.2, 0.25) is 0 Å². The van der Waals surface area contributed by atoms with Crippen LogP contribution in [0.15, 0.2) is 0 Å². The molecule has 2 rings (SSSR count). The van der Waals surface area contributed by atoms with E-state index in [1.54, 1.807) is 0 Å². The fourth-order valence-electron chi connectivity index (χ4n) is 3.35. The second kappa shape index (κ2) is 4.74. The van der Waals surface area contributed by atoms with Crippen molar-refractivity contribution in [1.82, 2.24) is 0 Å². The Hall–Kier alpha value is -0.570. The number of carbonyl (C=O) groups excluding carboxylic acids is 1. The van der Waals surface area contributed by atoms with Crippen LogP contribution in [-0.2, 0) is 9.53 Å². The normalized spacial score (nSPS) is 33.6. The molecule has 3 heteroatoms. The summed E-state index contributed by atoms with van der Waals surface area (Å²) in [6.45, 7) is 1.47. The molecule has 0 unspecified atom stereocenters. The zero-order valence-corrected chi connectivity index (χ0v) is 10.1. The highest BCUT2D eigenvalue weighted by molar-refractivity contribution is 5.66. The molecule has 2 saturated carbocycles. The topological polar surface area (TPSA) is 46.5 Å². The minimum absolute atomic E-state index is 0.0961. The maximum Gasteiger partial charge on any atom is 0.302 e. The fraction of sp³-hybridized carbons (Fsp3) is 0.923. The van der Waals surface area contributed by atoms with Crippen LogP contribution in [0.2, 0.25) is 0 Å². The van der Waals surface area contributed by atoms with Gasteiger partial charge in [-0.3, -0.25) is 4.79 Å². The minimum atomic E-state index is -0.402. The van der Waals surface area contributed by atoms with E-state index in [0.717, 1.165) is 38.5 Å². The Bertz CT molecular complexity index is 248. The third-order valence-corrected chi connectivity index (χ3v) is 4.24. The van der Waals surface area contributed by atoms with Crippen molar-refractivity contribution in [3.05, 3.63) is 0 Å². The summed E-state index contributed by atoms with van der Waals surface area (Å²) >= 11 is 0. The van der Waals surface area contributed by atoms with E-state index in [2.05, 4.69) is 0 Å². The van der Waals surface area contributed by atoms with Crippen LogP contribution in [-0.4, -0.2) is 22.8 Å². The van der Waals surface area contributed by atoms with E-state index >= 15 is 0 Å². The summed E-state index contributed by atoms with van der Waals surface area (Å²) in [4.78, 5) is 10.8. The molecule has 0 spiro atoms. The van der Waals surface area contributed by atoms with Crippen LogP contribution in [0.25, 0.3) is 0 Å². The van der Waals surface area contributed by atoms with Gasteiger partial charge in [0.1, 0.15) is 6.10 Å². The second-order valence-electron chi connectivity index (χ2n) is 5.39. The van der Waals surface area contributed by atoms with Crippen molar-refractivity contribution < 1.29 is 14.6 Å². The van der Waals surface area contributed by atoms with Gasteiger partial charge in [-0.2, -0.15) is 0 Å². The van der Waals surface area contributed by atoms with Crippen LogP contribution in [0, 0.1) is 5.92 Å². The van der Waals surface area contributed by atoms with E-state index in [9.17, 15) is 9.90 Å². The highest BCUT2D eigenvalue weighted by Crippen LogP contribution is 2.43. The maximum absolute atomic E-state index is 10.8. The molecular formula is C13H22O3. The molecule has 1 N–H and O–H groups in total. The quantitative estimate of drug-likeness (QED) is 0.735. The first-order chi connectivity index (χ1) is 7.60. The van der Waals surface area contributed by atoms with Crippen molar-refractivity contribution in [2.75, 3.05) is 0 Å². The molecule has 16 heavy (non-hydrogen) atoms. The van der Waals surface area contributed by atoms with Crippen LogP contribution in [0.1, 0.15) is 58.3 Å². The van der Waals surface area contributed by atoms with Gasteiger partial charge in [-0.05, 0) is 44.4 Å². The Morgan fingerprint density at radius 3 is 2.25 bits per heavy atom. The smallest absolute Gasteiger partial charge is 0.302 e. The summed E-state index contributed by atoms with van der Waals surface area (Å²) < 4.78 is 5.21. The van der Waals surface area contributed by atoms with Crippen LogP contribution >= 0.6 is 0 Å². The summed E-state index contributed by atoms with van der Waals surface area (Å²) in [5.41, 5.74) is -0.402. The fourth-order valence-corrected chi connectivity index (χ4v) is 3.35. The molecule has 0 saturated heterocycles. The van der Waals surface area contributed by atoms with Crippen LogP contribution in [0.5, 0.6) is 0 Å². The summed E-state index contributed by atoms with van der Waals surface area (Å²) in [5.74, 6) is 0.254. The minimum Gasteiger partial charge on any atom is -0.463 e. The van der Waals surface area contributed by atoms with Gasteiger partial charge in [0.15, 0.2) is 0 Å². The molecule has 0 radical (unpaired) electrons. The predicted molar refractivity (Wildman–Crippen MR) is 60.9 cm³/mol. The summed E-state index contributed by atoms with van der Waals surface area (Å²) in [6, 6.07) is 0. The van der Waals surface area contributed by atoms with Gasteiger partial charge in [-0.25, -0.2) is 0 Å². The third kappa shape index (κ3) is 2.57. The second-order valence-corrected chi connectivity index (χ2v) is 5.39. The monoisotopic (exact) mass is 226 g/mol. The molecule has 2 fully saturated rings. The molecule has 3 nitrogen and oxygen atoms in total. The largest absolute Gasteiger partial charge is 0.463 e. The van der Waals surface area contributed by atoms with Gasteiger partial charge >= 0.3 is 5.97 Å².